The highest BCUT2D eigenvalue weighted by molar-refractivity contribution is 5.77. The Morgan fingerprint density at radius 1 is 1.21 bits per heavy atom. The van der Waals surface area contributed by atoms with Crippen LogP contribution < -0.4 is 0 Å². The van der Waals surface area contributed by atoms with Crippen LogP contribution in [0.15, 0.2) is 0 Å². The number of rotatable bonds is 5. The Morgan fingerprint density at radius 3 is 2.47 bits per heavy atom. The molecule has 0 unspecified atom stereocenters. The lowest BCUT2D eigenvalue weighted by Crippen LogP contribution is -2.63. The quantitative estimate of drug-likeness (QED) is 0.764. The van der Waals surface area contributed by atoms with E-state index in [9.17, 15) is 4.79 Å². The lowest BCUT2D eigenvalue weighted by molar-refractivity contribution is -0.141. The molecule has 0 aromatic heterocycles. The first-order valence-corrected chi connectivity index (χ1v) is 8.19. The molecule has 2 rings (SSSR count). The highest BCUT2D eigenvalue weighted by Crippen LogP contribution is 2.25. The third-order valence-electron chi connectivity index (χ3n) is 5.16. The molecular weight excluding hydrogens is 236 g/mol. The van der Waals surface area contributed by atoms with Gasteiger partial charge in [-0.15, -0.1) is 0 Å². The summed E-state index contributed by atoms with van der Waals surface area (Å²) in [6.07, 6.45) is 7.06. The summed E-state index contributed by atoms with van der Waals surface area (Å²) in [7, 11) is 0. The van der Waals surface area contributed by atoms with Gasteiger partial charge in [-0.2, -0.15) is 0 Å². The zero-order valence-corrected chi connectivity index (χ0v) is 12.9. The number of hydrogen-bond donors (Lipinski definition) is 0. The summed E-state index contributed by atoms with van der Waals surface area (Å²) in [6, 6.07) is 1.36. The maximum atomic E-state index is 12.2. The summed E-state index contributed by atoms with van der Waals surface area (Å²) in [5.41, 5.74) is 0. The van der Waals surface area contributed by atoms with Crippen molar-refractivity contribution in [3.05, 3.63) is 0 Å². The van der Waals surface area contributed by atoms with Gasteiger partial charge in [0.1, 0.15) is 0 Å². The number of carbonyl (C=O) groups is 1. The fourth-order valence-electron chi connectivity index (χ4n) is 3.48. The average molecular weight is 266 g/mol. The summed E-state index contributed by atoms with van der Waals surface area (Å²) in [6.45, 7) is 9.91. The number of piperidine rings is 1. The summed E-state index contributed by atoms with van der Waals surface area (Å²) in [5, 5.41) is 0. The minimum atomic E-state index is 0.384. The molecule has 1 amide bonds. The molecule has 2 aliphatic rings. The van der Waals surface area contributed by atoms with Crippen molar-refractivity contribution in [3.63, 3.8) is 0 Å². The van der Waals surface area contributed by atoms with Crippen LogP contribution in [0.25, 0.3) is 0 Å². The third kappa shape index (κ3) is 3.50. The van der Waals surface area contributed by atoms with E-state index in [-0.39, 0.29) is 0 Å². The topological polar surface area (TPSA) is 23.6 Å². The summed E-state index contributed by atoms with van der Waals surface area (Å²) in [5.74, 6) is 0.968. The lowest BCUT2D eigenvalue weighted by atomic mass is 9.95. The Bertz CT molecular complexity index is 295. The van der Waals surface area contributed by atoms with E-state index >= 15 is 0 Å². The van der Waals surface area contributed by atoms with E-state index in [1.54, 1.807) is 0 Å². The van der Waals surface area contributed by atoms with Crippen molar-refractivity contribution in [2.24, 2.45) is 5.92 Å². The van der Waals surface area contributed by atoms with Gasteiger partial charge >= 0.3 is 0 Å². The first-order chi connectivity index (χ1) is 9.15. The lowest BCUT2D eigenvalue weighted by Gasteiger charge is -2.49. The van der Waals surface area contributed by atoms with Crippen LogP contribution in [0.4, 0.5) is 0 Å². The van der Waals surface area contributed by atoms with Crippen molar-refractivity contribution in [1.29, 1.82) is 0 Å². The van der Waals surface area contributed by atoms with Crippen molar-refractivity contribution in [1.82, 2.24) is 9.80 Å². The van der Waals surface area contributed by atoms with Gasteiger partial charge < -0.3 is 4.90 Å². The van der Waals surface area contributed by atoms with Crippen molar-refractivity contribution >= 4 is 5.91 Å². The molecule has 0 aliphatic carbocycles. The maximum absolute atomic E-state index is 12.2. The van der Waals surface area contributed by atoms with Gasteiger partial charge in [-0.3, -0.25) is 9.69 Å². The average Bonchev–Trinajstić information content (AvgIpc) is 2.36. The molecule has 0 N–H and O–H groups in total. The van der Waals surface area contributed by atoms with Crippen LogP contribution in [0.3, 0.4) is 0 Å². The molecule has 1 atom stereocenters. The van der Waals surface area contributed by atoms with Gasteiger partial charge in [-0.1, -0.05) is 33.1 Å². The van der Waals surface area contributed by atoms with Crippen molar-refractivity contribution in [3.8, 4) is 0 Å². The van der Waals surface area contributed by atoms with Gasteiger partial charge in [0.2, 0.25) is 5.91 Å². The Kier molecular flexibility index (Phi) is 5.26. The maximum Gasteiger partial charge on any atom is 0.222 e. The van der Waals surface area contributed by atoms with E-state index in [0.29, 0.717) is 17.9 Å². The van der Waals surface area contributed by atoms with Crippen LogP contribution in [0.1, 0.15) is 59.3 Å². The van der Waals surface area contributed by atoms with Crippen LogP contribution in [0, 0.1) is 5.92 Å². The molecule has 3 heteroatoms. The second kappa shape index (κ2) is 6.74. The van der Waals surface area contributed by atoms with E-state index < -0.39 is 0 Å². The number of amides is 1. The minimum Gasteiger partial charge on any atom is -0.339 e. The van der Waals surface area contributed by atoms with Gasteiger partial charge in [-0.25, -0.2) is 0 Å². The van der Waals surface area contributed by atoms with Crippen LogP contribution >= 0.6 is 0 Å². The molecule has 0 radical (unpaired) electrons. The highest BCUT2D eigenvalue weighted by Gasteiger charge is 2.37. The largest absolute Gasteiger partial charge is 0.339 e. The molecule has 2 fully saturated rings. The Hall–Kier alpha value is -0.570. The Morgan fingerprint density at radius 2 is 1.89 bits per heavy atom. The fourth-order valence-corrected chi connectivity index (χ4v) is 3.48. The first kappa shape index (κ1) is 14.8. The molecule has 19 heavy (non-hydrogen) atoms. The molecule has 3 nitrogen and oxygen atoms in total. The first-order valence-electron chi connectivity index (χ1n) is 8.19. The summed E-state index contributed by atoms with van der Waals surface area (Å²) < 4.78 is 0. The molecule has 2 saturated heterocycles. The molecule has 2 heterocycles. The van der Waals surface area contributed by atoms with Crippen LogP contribution in [-0.4, -0.2) is 47.4 Å². The van der Waals surface area contributed by atoms with Gasteiger partial charge in [-0.05, 0) is 32.2 Å². The van der Waals surface area contributed by atoms with Crippen molar-refractivity contribution < 1.29 is 4.79 Å². The zero-order chi connectivity index (χ0) is 13.8. The van der Waals surface area contributed by atoms with Crippen molar-refractivity contribution in [2.75, 3.05) is 19.6 Å². The number of hydrogen-bond acceptors (Lipinski definition) is 2. The molecule has 0 aromatic rings. The van der Waals surface area contributed by atoms with E-state index in [2.05, 4.69) is 30.6 Å². The normalized spacial score (nSPS) is 25.7. The number of carbonyl (C=O) groups excluding carboxylic acids is 1. The van der Waals surface area contributed by atoms with Crippen LogP contribution in [0.5, 0.6) is 0 Å². The number of nitrogens with zero attached hydrogens (tertiary/aromatic N) is 2. The molecule has 0 spiro atoms. The SMILES string of the molecule is CCC(CC)CC(=O)N1CC(N2CCCC[C@@H]2C)C1. The molecular formula is C16H30N2O. The predicted molar refractivity (Wildman–Crippen MR) is 79.1 cm³/mol. The van der Waals surface area contributed by atoms with E-state index in [1.807, 2.05) is 0 Å². The highest BCUT2D eigenvalue weighted by atomic mass is 16.2. The summed E-state index contributed by atoms with van der Waals surface area (Å²) >= 11 is 0. The van der Waals surface area contributed by atoms with E-state index in [1.165, 1.54) is 25.8 Å². The van der Waals surface area contributed by atoms with Gasteiger partial charge in [0.15, 0.2) is 0 Å². The number of likely N-dealkylation sites (tertiary alicyclic amines) is 2. The van der Waals surface area contributed by atoms with E-state index in [4.69, 9.17) is 0 Å². The molecule has 0 aromatic carbocycles. The summed E-state index contributed by atoms with van der Waals surface area (Å²) in [4.78, 5) is 16.9. The smallest absolute Gasteiger partial charge is 0.222 e. The predicted octanol–water partition coefficient (Wildman–Crippen LogP) is 2.90. The van der Waals surface area contributed by atoms with Crippen LogP contribution in [0.2, 0.25) is 0 Å². The van der Waals surface area contributed by atoms with E-state index in [0.717, 1.165) is 38.4 Å². The van der Waals surface area contributed by atoms with Gasteiger partial charge in [0.05, 0.1) is 0 Å². The Balaban J connectivity index is 1.74. The molecule has 0 bridgehead atoms. The molecule has 110 valence electrons. The third-order valence-corrected chi connectivity index (χ3v) is 5.16. The molecule has 2 aliphatic heterocycles. The standard InChI is InChI=1S/C16H30N2O/c1-4-14(5-2)10-16(19)17-11-15(12-17)18-9-7-6-8-13(18)3/h13-15H,4-12H2,1-3H3/t13-/m0/s1. The Labute approximate surface area is 118 Å². The second-order valence-corrected chi connectivity index (χ2v) is 6.42. The van der Waals surface area contributed by atoms with Gasteiger partial charge in [0.25, 0.3) is 0 Å². The van der Waals surface area contributed by atoms with Crippen LogP contribution in [-0.2, 0) is 4.79 Å². The van der Waals surface area contributed by atoms with Crippen molar-refractivity contribution in [2.45, 2.75) is 71.4 Å². The zero-order valence-electron chi connectivity index (χ0n) is 12.9. The fraction of sp³-hybridized carbons (Fsp3) is 0.938. The second-order valence-electron chi connectivity index (χ2n) is 6.42. The molecule has 0 saturated carbocycles. The monoisotopic (exact) mass is 266 g/mol. The minimum absolute atomic E-state index is 0.384. The van der Waals surface area contributed by atoms with Gasteiger partial charge in [0, 0.05) is 31.6 Å².